The monoisotopic (exact) mass is 366 g/mol. The number of thiazole rings is 1. The van der Waals surface area contributed by atoms with Gasteiger partial charge in [0.15, 0.2) is 0 Å². The van der Waals surface area contributed by atoms with E-state index in [0.717, 1.165) is 29.2 Å². The first kappa shape index (κ1) is 15.4. The number of thiophene rings is 1. The first-order valence-corrected chi connectivity index (χ1v) is 8.07. The fourth-order valence-electron chi connectivity index (χ4n) is 1.95. The molecule has 0 fully saturated rings. The second-order valence-corrected chi connectivity index (χ2v) is 6.11. The van der Waals surface area contributed by atoms with Gasteiger partial charge in [0.05, 0.1) is 10.6 Å². The highest BCUT2D eigenvalue weighted by molar-refractivity contribution is 8.93. The van der Waals surface area contributed by atoms with Crippen molar-refractivity contribution in [2.24, 2.45) is 0 Å². The molecule has 0 aliphatic heterocycles. The highest BCUT2D eigenvalue weighted by atomic mass is 79.9. The van der Waals surface area contributed by atoms with Gasteiger partial charge in [0.25, 0.3) is 0 Å². The fourth-order valence-corrected chi connectivity index (χ4v) is 3.53. The minimum absolute atomic E-state index is 0. The van der Waals surface area contributed by atoms with E-state index in [9.17, 15) is 0 Å². The van der Waals surface area contributed by atoms with Crippen molar-refractivity contribution >= 4 is 39.7 Å². The fraction of sp³-hybridized carbons (Fsp3) is 0.200. The van der Waals surface area contributed by atoms with E-state index in [0.29, 0.717) is 0 Å². The van der Waals surface area contributed by atoms with Gasteiger partial charge in [-0.3, -0.25) is 4.98 Å². The molecular weight excluding hydrogens is 352 g/mol. The number of hydrogen-bond acceptors (Lipinski definition) is 4. The molecule has 5 heteroatoms. The van der Waals surface area contributed by atoms with Gasteiger partial charge in [0.1, 0.15) is 5.01 Å². The minimum Gasteiger partial charge on any atom is -0.261 e. The van der Waals surface area contributed by atoms with Crippen LogP contribution in [0, 0.1) is 0 Å². The predicted octanol–water partition coefficient (Wildman–Crippen LogP) is 5.46. The van der Waals surface area contributed by atoms with Crippen LogP contribution >= 0.6 is 39.7 Å². The van der Waals surface area contributed by atoms with Crippen molar-refractivity contribution in [1.82, 2.24) is 9.97 Å². The molecule has 0 atom stereocenters. The summed E-state index contributed by atoms with van der Waals surface area (Å²) in [5, 5.41) is 5.28. The number of rotatable bonds is 4. The van der Waals surface area contributed by atoms with Crippen LogP contribution in [0.3, 0.4) is 0 Å². The number of halogens is 1. The Balaban J connectivity index is 0.00000147. The van der Waals surface area contributed by atoms with E-state index in [2.05, 4.69) is 40.9 Å². The van der Waals surface area contributed by atoms with Gasteiger partial charge in [0, 0.05) is 22.8 Å². The van der Waals surface area contributed by atoms with Gasteiger partial charge >= 0.3 is 0 Å². The van der Waals surface area contributed by atoms with Crippen LogP contribution in [0.25, 0.3) is 21.1 Å². The van der Waals surface area contributed by atoms with Gasteiger partial charge in [-0.2, -0.15) is 0 Å². The van der Waals surface area contributed by atoms with Crippen LogP contribution in [0.2, 0.25) is 0 Å². The molecule has 3 aromatic rings. The lowest BCUT2D eigenvalue weighted by molar-refractivity contribution is 0.883. The molecule has 0 spiro atoms. The van der Waals surface area contributed by atoms with E-state index < -0.39 is 0 Å². The van der Waals surface area contributed by atoms with E-state index in [1.165, 1.54) is 10.4 Å². The highest BCUT2D eigenvalue weighted by Gasteiger charge is 2.08. The average molecular weight is 367 g/mol. The SMILES string of the molecule is Br.CCCc1cc(-c2nc(-c3cccs3)cs2)ccn1. The van der Waals surface area contributed by atoms with Crippen molar-refractivity contribution in [2.45, 2.75) is 19.8 Å². The summed E-state index contributed by atoms with van der Waals surface area (Å²) in [5.41, 5.74) is 3.39. The van der Waals surface area contributed by atoms with Crippen molar-refractivity contribution in [3.8, 4) is 21.1 Å². The Morgan fingerprint density at radius 3 is 2.85 bits per heavy atom. The molecule has 0 amide bonds. The molecule has 2 nitrogen and oxygen atoms in total. The van der Waals surface area contributed by atoms with Crippen LogP contribution in [0.4, 0.5) is 0 Å². The molecule has 104 valence electrons. The molecule has 3 heterocycles. The molecule has 3 rings (SSSR count). The van der Waals surface area contributed by atoms with Crippen molar-refractivity contribution < 1.29 is 0 Å². The maximum atomic E-state index is 4.73. The Morgan fingerprint density at radius 1 is 1.20 bits per heavy atom. The van der Waals surface area contributed by atoms with Crippen LogP contribution in [0.1, 0.15) is 19.0 Å². The number of aryl methyl sites for hydroxylation is 1. The molecule has 0 unspecified atom stereocenters. The normalized spacial score (nSPS) is 10.2. The zero-order chi connectivity index (χ0) is 13.1. The lowest BCUT2D eigenvalue weighted by Crippen LogP contribution is -1.89. The Kier molecular flexibility index (Phi) is 5.46. The van der Waals surface area contributed by atoms with Crippen LogP contribution in [-0.2, 0) is 6.42 Å². The predicted molar refractivity (Wildman–Crippen MR) is 93.0 cm³/mol. The Hall–Kier alpha value is -1.04. The Morgan fingerprint density at radius 2 is 2.10 bits per heavy atom. The maximum Gasteiger partial charge on any atom is 0.124 e. The van der Waals surface area contributed by atoms with E-state index in [-0.39, 0.29) is 17.0 Å². The lowest BCUT2D eigenvalue weighted by atomic mass is 10.2. The smallest absolute Gasteiger partial charge is 0.124 e. The molecular formula is C15H15BrN2S2. The number of pyridine rings is 1. The molecule has 0 radical (unpaired) electrons. The summed E-state index contributed by atoms with van der Waals surface area (Å²) >= 11 is 3.42. The van der Waals surface area contributed by atoms with Crippen molar-refractivity contribution in [3.63, 3.8) is 0 Å². The number of hydrogen-bond donors (Lipinski definition) is 0. The van der Waals surface area contributed by atoms with Gasteiger partial charge in [-0.05, 0) is 30.0 Å². The summed E-state index contributed by atoms with van der Waals surface area (Å²) in [6.07, 6.45) is 4.03. The van der Waals surface area contributed by atoms with Gasteiger partial charge in [-0.1, -0.05) is 19.4 Å². The zero-order valence-corrected chi connectivity index (χ0v) is 14.4. The van der Waals surface area contributed by atoms with Gasteiger partial charge < -0.3 is 0 Å². The van der Waals surface area contributed by atoms with E-state index in [4.69, 9.17) is 4.98 Å². The van der Waals surface area contributed by atoms with Crippen LogP contribution < -0.4 is 0 Å². The summed E-state index contributed by atoms with van der Waals surface area (Å²) in [7, 11) is 0. The lowest BCUT2D eigenvalue weighted by Gasteiger charge is -2.00. The van der Waals surface area contributed by atoms with E-state index in [1.54, 1.807) is 22.7 Å². The van der Waals surface area contributed by atoms with Crippen LogP contribution in [0.5, 0.6) is 0 Å². The quantitative estimate of drug-likeness (QED) is 0.612. The molecule has 0 saturated carbocycles. The summed E-state index contributed by atoms with van der Waals surface area (Å²) in [4.78, 5) is 10.3. The Labute approximate surface area is 137 Å². The molecule has 0 aromatic carbocycles. The molecule has 3 aromatic heterocycles. The third-order valence-electron chi connectivity index (χ3n) is 2.85. The largest absolute Gasteiger partial charge is 0.261 e. The number of aromatic nitrogens is 2. The van der Waals surface area contributed by atoms with Gasteiger partial charge in [-0.15, -0.1) is 39.7 Å². The summed E-state index contributed by atoms with van der Waals surface area (Å²) < 4.78 is 0. The molecule has 0 aliphatic carbocycles. The summed E-state index contributed by atoms with van der Waals surface area (Å²) in [5.74, 6) is 0. The second kappa shape index (κ2) is 7.11. The summed E-state index contributed by atoms with van der Waals surface area (Å²) in [6, 6.07) is 8.36. The third kappa shape index (κ3) is 3.34. The third-order valence-corrected chi connectivity index (χ3v) is 4.63. The second-order valence-electron chi connectivity index (χ2n) is 4.30. The first-order valence-electron chi connectivity index (χ1n) is 6.31. The topological polar surface area (TPSA) is 25.8 Å². The first-order chi connectivity index (χ1) is 9.36. The summed E-state index contributed by atoms with van der Waals surface area (Å²) in [6.45, 7) is 2.17. The maximum absolute atomic E-state index is 4.73. The van der Waals surface area contributed by atoms with E-state index >= 15 is 0 Å². The Bertz CT molecular complexity index is 662. The standard InChI is InChI=1S/C15H14N2S2.BrH/c1-2-4-12-9-11(6-7-16-12)15-17-13(10-19-15)14-5-3-8-18-14;/h3,5-10H,2,4H2,1H3;1H. The van der Waals surface area contributed by atoms with E-state index in [1.807, 2.05) is 12.3 Å². The highest BCUT2D eigenvalue weighted by Crippen LogP contribution is 2.31. The van der Waals surface area contributed by atoms with Crippen molar-refractivity contribution in [1.29, 1.82) is 0 Å². The van der Waals surface area contributed by atoms with Crippen LogP contribution in [-0.4, -0.2) is 9.97 Å². The molecule has 0 aliphatic rings. The van der Waals surface area contributed by atoms with Gasteiger partial charge in [0.2, 0.25) is 0 Å². The molecule has 0 N–H and O–H groups in total. The molecule has 0 saturated heterocycles. The zero-order valence-electron chi connectivity index (χ0n) is 11.1. The van der Waals surface area contributed by atoms with Gasteiger partial charge in [-0.25, -0.2) is 4.98 Å². The minimum atomic E-state index is 0. The van der Waals surface area contributed by atoms with Crippen LogP contribution in [0.15, 0.2) is 41.2 Å². The van der Waals surface area contributed by atoms with Crippen molar-refractivity contribution in [3.05, 3.63) is 46.9 Å². The average Bonchev–Trinajstić information content (AvgIpc) is 3.11. The number of nitrogens with zero attached hydrogens (tertiary/aromatic N) is 2. The molecule has 0 bridgehead atoms. The van der Waals surface area contributed by atoms with Crippen molar-refractivity contribution in [2.75, 3.05) is 0 Å². The molecule has 20 heavy (non-hydrogen) atoms.